The van der Waals surface area contributed by atoms with Crippen molar-refractivity contribution in [3.05, 3.63) is 0 Å². The molecule has 2 aliphatic rings. The molecule has 0 bridgehead atoms. The first-order chi connectivity index (χ1) is 8.70. The van der Waals surface area contributed by atoms with Gasteiger partial charge in [-0.05, 0) is 6.42 Å². The smallest absolute Gasteiger partial charge is 0.259 e. The molecule has 2 rings (SSSR count). The molecule has 2 amide bonds. The number of carbonyl (C=O) groups is 2. The van der Waals surface area contributed by atoms with Crippen LogP contribution in [-0.2, 0) is 9.59 Å². The minimum absolute atomic E-state index is 0.193. The average molecular weight is 252 g/mol. The lowest BCUT2D eigenvalue weighted by molar-refractivity contribution is -0.133. The van der Waals surface area contributed by atoms with E-state index in [4.69, 9.17) is 0 Å². The molecule has 0 aromatic carbocycles. The zero-order valence-corrected chi connectivity index (χ0v) is 10.7. The number of piperazine rings is 1. The van der Waals surface area contributed by atoms with Crippen molar-refractivity contribution in [1.29, 1.82) is 0 Å². The summed E-state index contributed by atoms with van der Waals surface area (Å²) in [5, 5.41) is 6.01. The maximum atomic E-state index is 11.8. The molecule has 6 nitrogen and oxygen atoms in total. The number of carbonyl (C=O) groups excluding carboxylic acids is 2. The Bertz CT molecular complexity index is 361. The fourth-order valence-electron chi connectivity index (χ4n) is 2.28. The van der Waals surface area contributed by atoms with Crippen LogP contribution in [0.5, 0.6) is 0 Å². The predicted octanol–water partition coefficient (Wildman–Crippen LogP) is -0.637. The molecule has 2 N–H and O–H groups in total. The summed E-state index contributed by atoms with van der Waals surface area (Å²) >= 11 is 0. The van der Waals surface area contributed by atoms with E-state index < -0.39 is 5.92 Å². The van der Waals surface area contributed by atoms with Gasteiger partial charge in [0.25, 0.3) is 5.91 Å². The van der Waals surface area contributed by atoms with Crippen LogP contribution < -0.4 is 10.6 Å². The largest absolute Gasteiger partial charge is 0.314 e. The molecule has 100 valence electrons. The van der Waals surface area contributed by atoms with Gasteiger partial charge in [0.2, 0.25) is 5.91 Å². The second kappa shape index (κ2) is 6.06. The van der Waals surface area contributed by atoms with Crippen molar-refractivity contribution in [2.45, 2.75) is 19.8 Å². The van der Waals surface area contributed by atoms with Crippen molar-refractivity contribution in [2.24, 2.45) is 10.9 Å². The first-order valence-electron chi connectivity index (χ1n) is 6.56. The topological polar surface area (TPSA) is 73.8 Å². The van der Waals surface area contributed by atoms with Crippen molar-refractivity contribution in [2.75, 3.05) is 32.7 Å². The molecule has 0 spiro atoms. The van der Waals surface area contributed by atoms with Crippen molar-refractivity contribution in [3.8, 4) is 0 Å². The first kappa shape index (κ1) is 13.2. The number of nitrogens with one attached hydrogen (secondary N) is 2. The molecule has 0 radical (unpaired) electrons. The summed E-state index contributed by atoms with van der Waals surface area (Å²) in [5.74, 6) is -0.561. The maximum absolute atomic E-state index is 11.8. The lowest BCUT2D eigenvalue weighted by Crippen LogP contribution is -2.51. The zero-order valence-electron chi connectivity index (χ0n) is 10.7. The molecule has 2 heterocycles. The van der Waals surface area contributed by atoms with Crippen LogP contribution in [0.15, 0.2) is 4.99 Å². The Labute approximate surface area is 107 Å². The minimum Gasteiger partial charge on any atom is -0.314 e. The van der Waals surface area contributed by atoms with Crippen molar-refractivity contribution in [3.63, 3.8) is 0 Å². The standard InChI is InChI=1S/C12H20N4O2/c1-2-3-9-11(17)14-10(15-12(9)18)8-16-6-4-13-5-7-16/h9,13H,2-8H2,1H3,(H,14,15,17,18). The molecule has 0 aromatic rings. The normalized spacial score (nSPS) is 25.8. The van der Waals surface area contributed by atoms with Gasteiger partial charge >= 0.3 is 0 Å². The van der Waals surface area contributed by atoms with Crippen molar-refractivity contribution in [1.82, 2.24) is 15.5 Å². The summed E-state index contributed by atoms with van der Waals surface area (Å²) in [5.41, 5.74) is 0. The van der Waals surface area contributed by atoms with Crippen LogP contribution >= 0.6 is 0 Å². The van der Waals surface area contributed by atoms with E-state index in [1.807, 2.05) is 6.92 Å². The highest BCUT2D eigenvalue weighted by atomic mass is 16.2. The average Bonchev–Trinajstić information content (AvgIpc) is 2.35. The van der Waals surface area contributed by atoms with Crippen LogP contribution in [0.4, 0.5) is 0 Å². The van der Waals surface area contributed by atoms with Gasteiger partial charge in [-0.3, -0.25) is 14.5 Å². The van der Waals surface area contributed by atoms with Crippen molar-refractivity contribution >= 4 is 17.6 Å². The van der Waals surface area contributed by atoms with Gasteiger partial charge in [0.1, 0.15) is 11.8 Å². The lowest BCUT2D eigenvalue weighted by atomic mass is 10.0. The van der Waals surface area contributed by atoms with Gasteiger partial charge in [0.05, 0.1) is 6.54 Å². The van der Waals surface area contributed by atoms with Crippen LogP contribution in [-0.4, -0.2) is 55.3 Å². The van der Waals surface area contributed by atoms with E-state index in [-0.39, 0.29) is 11.8 Å². The monoisotopic (exact) mass is 252 g/mol. The van der Waals surface area contributed by atoms with Gasteiger partial charge in [-0.25, -0.2) is 0 Å². The summed E-state index contributed by atoms with van der Waals surface area (Å²) in [7, 11) is 0. The number of rotatable bonds is 4. The number of amidine groups is 1. The Hall–Kier alpha value is -1.27. The predicted molar refractivity (Wildman–Crippen MR) is 68.3 cm³/mol. The van der Waals surface area contributed by atoms with E-state index in [9.17, 15) is 9.59 Å². The molecular formula is C12H20N4O2. The quantitative estimate of drug-likeness (QED) is 0.653. The van der Waals surface area contributed by atoms with E-state index in [1.165, 1.54) is 0 Å². The number of aliphatic imine (C=N–C) groups is 1. The summed E-state index contributed by atoms with van der Waals surface area (Å²) in [4.78, 5) is 29.8. The third-order valence-corrected chi connectivity index (χ3v) is 3.29. The highest BCUT2D eigenvalue weighted by molar-refractivity contribution is 6.16. The second-order valence-electron chi connectivity index (χ2n) is 4.75. The van der Waals surface area contributed by atoms with Crippen LogP contribution in [0.2, 0.25) is 0 Å². The summed E-state index contributed by atoms with van der Waals surface area (Å²) in [6.45, 7) is 6.22. The number of amides is 2. The van der Waals surface area contributed by atoms with E-state index in [2.05, 4.69) is 20.5 Å². The molecule has 6 heteroatoms. The third kappa shape index (κ3) is 3.14. The molecule has 1 unspecified atom stereocenters. The van der Waals surface area contributed by atoms with Crippen LogP contribution in [0.25, 0.3) is 0 Å². The molecule has 0 saturated carbocycles. The fourth-order valence-corrected chi connectivity index (χ4v) is 2.28. The zero-order chi connectivity index (χ0) is 13.0. The highest BCUT2D eigenvalue weighted by Gasteiger charge is 2.31. The molecule has 18 heavy (non-hydrogen) atoms. The molecule has 0 aromatic heterocycles. The highest BCUT2D eigenvalue weighted by Crippen LogP contribution is 2.12. The Kier molecular flexibility index (Phi) is 4.43. The molecule has 2 aliphatic heterocycles. The Morgan fingerprint density at radius 3 is 2.67 bits per heavy atom. The molecule has 1 atom stereocenters. The van der Waals surface area contributed by atoms with Gasteiger partial charge in [-0.1, -0.05) is 13.3 Å². The molecule has 0 aliphatic carbocycles. The lowest BCUT2D eigenvalue weighted by Gasteiger charge is -2.29. The SMILES string of the molecule is CCCC1C(=O)N=C(CN2CCNCC2)NC1=O. The second-order valence-corrected chi connectivity index (χ2v) is 4.75. The van der Waals surface area contributed by atoms with Gasteiger partial charge in [0, 0.05) is 26.2 Å². The maximum Gasteiger partial charge on any atom is 0.259 e. The van der Waals surface area contributed by atoms with Crippen LogP contribution in [0.1, 0.15) is 19.8 Å². The number of hydrogen-bond acceptors (Lipinski definition) is 4. The first-order valence-corrected chi connectivity index (χ1v) is 6.56. The van der Waals surface area contributed by atoms with Gasteiger partial charge in [0.15, 0.2) is 0 Å². The fraction of sp³-hybridized carbons (Fsp3) is 0.750. The van der Waals surface area contributed by atoms with E-state index in [0.717, 1.165) is 32.6 Å². The minimum atomic E-state index is -0.582. The third-order valence-electron chi connectivity index (χ3n) is 3.29. The van der Waals surface area contributed by atoms with Gasteiger partial charge in [-0.2, -0.15) is 4.99 Å². The van der Waals surface area contributed by atoms with Gasteiger partial charge < -0.3 is 10.6 Å². The van der Waals surface area contributed by atoms with E-state index in [0.29, 0.717) is 18.8 Å². The number of nitrogens with zero attached hydrogens (tertiary/aromatic N) is 2. The Morgan fingerprint density at radius 1 is 1.33 bits per heavy atom. The van der Waals surface area contributed by atoms with Gasteiger partial charge in [-0.15, -0.1) is 0 Å². The molecule has 1 fully saturated rings. The number of hydrogen-bond donors (Lipinski definition) is 2. The molecular weight excluding hydrogens is 232 g/mol. The van der Waals surface area contributed by atoms with Crippen LogP contribution in [0.3, 0.4) is 0 Å². The van der Waals surface area contributed by atoms with Crippen molar-refractivity contribution < 1.29 is 9.59 Å². The van der Waals surface area contributed by atoms with E-state index in [1.54, 1.807) is 0 Å². The summed E-state index contributed by atoms with van der Waals surface area (Å²) in [6.07, 6.45) is 1.39. The summed E-state index contributed by atoms with van der Waals surface area (Å²) < 4.78 is 0. The Balaban J connectivity index is 1.95. The molecule has 1 saturated heterocycles. The van der Waals surface area contributed by atoms with Crippen LogP contribution in [0, 0.1) is 5.92 Å². The Morgan fingerprint density at radius 2 is 2.06 bits per heavy atom. The summed E-state index contributed by atoms with van der Waals surface area (Å²) in [6, 6.07) is 0. The van der Waals surface area contributed by atoms with E-state index >= 15 is 0 Å².